The molecule has 0 aliphatic rings. The van der Waals surface area contributed by atoms with Gasteiger partial charge < -0.3 is 4.98 Å². The lowest BCUT2D eigenvalue weighted by atomic mass is 10.1. The summed E-state index contributed by atoms with van der Waals surface area (Å²) >= 11 is 1.37. The molecule has 2 aromatic heterocycles. The average molecular weight is 352 g/mol. The van der Waals surface area contributed by atoms with Crippen molar-refractivity contribution in [2.45, 2.75) is 25.4 Å². The summed E-state index contributed by atoms with van der Waals surface area (Å²) in [5, 5.41) is 10.4. The first-order chi connectivity index (χ1) is 12.0. The predicted molar refractivity (Wildman–Crippen MR) is 98.0 cm³/mol. The first kappa shape index (κ1) is 17.0. The van der Waals surface area contributed by atoms with Crippen LogP contribution in [0.1, 0.15) is 16.8 Å². The van der Waals surface area contributed by atoms with E-state index in [4.69, 9.17) is 0 Å². The van der Waals surface area contributed by atoms with Crippen LogP contribution in [0.25, 0.3) is 10.9 Å². The Morgan fingerprint density at radius 2 is 2.04 bits per heavy atom. The van der Waals surface area contributed by atoms with Crippen molar-refractivity contribution in [2.24, 2.45) is 0 Å². The number of H-pyrrole nitrogens is 1. The lowest BCUT2D eigenvalue weighted by Crippen LogP contribution is -2.35. The summed E-state index contributed by atoms with van der Waals surface area (Å²) < 4.78 is 1.18. The number of rotatable bonds is 4. The topological polar surface area (TPSA) is 91.5 Å². The molecular formula is C18H16N4O2S. The number of para-hydroxylation sites is 1. The third-order valence-corrected chi connectivity index (χ3v) is 4.82. The van der Waals surface area contributed by atoms with E-state index >= 15 is 0 Å². The molecule has 7 heteroatoms. The summed E-state index contributed by atoms with van der Waals surface area (Å²) in [6, 6.07) is 11.0. The van der Waals surface area contributed by atoms with Gasteiger partial charge in [0.1, 0.15) is 11.1 Å². The van der Waals surface area contributed by atoms with E-state index in [0.29, 0.717) is 27.2 Å². The number of aromatic nitrogens is 3. The second-order valence-electron chi connectivity index (χ2n) is 5.65. The highest BCUT2D eigenvalue weighted by atomic mass is 32.2. The Labute approximate surface area is 148 Å². The minimum absolute atomic E-state index is 0.239. The van der Waals surface area contributed by atoms with Crippen LogP contribution in [0.15, 0.2) is 44.9 Å². The van der Waals surface area contributed by atoms with Gasteiger partial charge in [0.25, 0.3) is 5.56 Å². The number of aryl methyl sites for hydroxylation is 2. The van der Waals surface area contributed by atoms with Crippen LogP contribution in [0.4, 0.5) is 0 Å². The summed E-state index contributed by atoms with van der Waals surface area (Å²) in [5.41, 5.74) is 2.03. The second kappa shape index (κ2) is 6.95. The van der Waals surface area contributed by atoms with E-state index in [2.05, 4.69) is 16.0 Å². The summed E-state index contributed by atoms with van der Waals surface area (Å²) in [4.78, 5) is 31.8. The fraction of sp³-hybridized carbons (Fsp3) is 0.222. The van der Waals surface area contributed by atoms with Gasteiger partial charge >= 0.3 is 5.69 Å². The van der Waals surface area contributed by atoms with E-state index < -0.39 is 5.69 Å². The molecule has 6 nitrogen and oxygen atoms in total. The van der Waals surface area contributed by atoms with Crippen LogP contribution in [0.3, 0.4) is 0 Å². The van der Waals surface area contributed by atoms with Crippen molar-refractivity contribution in [1.29, 1.82) is 5.26 Å². The standard InChI is InChI=1S/C18H16N4O2S/c1-11-9-12(2)20-16(14(11)10-19)25-8-7-22-17(23)13-5-3-4-6-15(13)21-18(22)24/h3-6,9H,7-8H2,1-2H3,(H,21,24). The number of fused-ring (bicyclic) bond motifs is 1. The molecule has 0 unspecified atom stereocenters. The van der Waals surface area contributed by atoms with Crippen molar-refractivity contribution in [2.75, 3.05) is 5.75 Å². The predicted octanol–water partition coefficient (Wildman–Crippen LogP) is 2.37. The van der Waals surface area contributed by atoms with Gasteiger partial charge in [-0.05, 0) is 37.6 Å². The molecule has 126 valence electrons. The van der Waals surface area contributed by atoms with Gasteiger partial charge in [0.05, 0.1) is 16.5 Å². The number of aromatic amines is 1. The van der Waals surface area contributed by atoms with Gasteiger partial charge in [0.15, 0.2) is 0 Å². The number of nitriles is 1. The molecule has 0 aliphatic heterocycles. The fourth-order valence-electron chi connectivity index (χ4n) is 2.68. The Morgan fingerprint density at radius 1 is 1.28 bits per heavy atom. The van der Waals surface area contributed by atoms with Crippen LogP contribution in [0.5, 0.6) is 0 Å². The lowest BCUT2D eigenvalue weighted by molar-refractivity contribution is 0.690. The number of thioether (sulfide) groups is 1. The molecule has 0 radical (unpaired) electrons. The molecule has 0 spiro atoms. The second-order valence-corrected chi connectivity index (χ2v) is 6.74. The van der Waals surface area contributed by atoms with Crippen LogP contribution in [-0.2, 0) is 6.54 Å². The molecule has 0 saturated heterocycles. The maximum Gasteiger partial charge on any atom is 0.328 e. The lowest BCUT2D eigenvalue weighted by Gasteiger charge is -2.09. The number of nitrogens with one attached hydrogen (secondary N) is 1. The summed E-state index contributed by atoms with van der Waals surface area (Å²) in [6.07, 6.45) is 0. The number of hydrogen-bond donors (Lipinski definition) is 1. The Kier molecular flexibility index (Phi) is 4.72. The minimum Gasteiger partial charge on any atom is -0.307 e. The summed E-state index contributed by atoms with van der Waals surface area (Å²) in [5.74, 6) is 0.464. The molecule has 3 rings (SSSR count). The highest BCUT2D eigenvalue weighted by Crippen LogP contribution is 2.23. The number of hydrogen-bond acceptors (Lipinski definition) is 5. The van der Waals surface area contributed by atoms with Gasteiger partial charge in [-0.25, -0.2) is 9.78 Å². The zero-order chi connectivity index (χ0) is 18.0. The Hall–Kier alpha value is -2.85. The van der Waals surface area contributed by atoms with Crippen LogP contribution in [0, 0.1) is 25.2 Å². The molecule has 0 aliphatic carbocycles. The van der Waals surface area contributed by atoms with Crippen molar-refractivity contribution in [3.05, 3.63) is 68.0 Å². The molecule has 1 N–H and O–H groups in total. The van der Waals surface area contributed by atoms with E-state index in [9.17, 15) is 14.9 Å². The molecule has 2 heterocycles. The molecule has 0 bridgehead atoms. The Balaban J connectivity index is 1.87. The smallest absolute Gasteiger partial charge is 0.307 e. The highest BCUT2D eigenvalue weighted by molar-refractivity contribution is 7.99. The van der Waals surface area contributed by atoms with Gasteiger partial charge in [-0.3, -0.25) is 9.36 Å². The first-order valence-electron chi connectivity index (χ1n) is 7.74. The van der Waals surface area contributed by atoms with Crippen molar-refractivity contribution in [3.8, 4) is 6.07 Å². The quantitative estimate of drug-likeness (QED) is 0.728. The summed E-state index contributed by atoms with van der Waals surface area (Å²) in [6.45, 7) is 3.98. The maximum atomic E-state index is 12.5. The monoisotopic (exact) mass is 352 g/mol. The van der Waals surface area contributed by atoms with E-state index in [1.54, 1.807) is 24.3 Å². The van der Waals surface area contributed by atoms with Gasteiger partial charge in [-0.2, -0.15) is 5.26 Å². The van der Waals surface area contributed by atoms with Crippen LogP contribution < -0.4 is 11.2 Å². The largest absolute Gasteiger partial charge is 0.328 e. The van der Waals surface area contributed by atoms with E-state index in [0.717, 1.165) is 11.3 Å². The molecule has 1 aromatic carbocycles. The van der Waals surface area contributed by atoms with Crippen molar-refractivity contribution in [1.82, 2.24) is 14.5 Å². The third-order valence-electron chi connectivity index (χ3n) is 3.87. The van der Waals surface area contributed by atoms with Crippen molar-refractivity contribution < 1.29 is 0 Å². The highest BCUT2D eigenvalue weighted by Gasteiger charge is 2.11. The Morgan fingerprint density at radius 3 is 2.80 bits per heavy atom. The zero-order valence-corrected chi connectivity index (χ0v) is 14.7. The van der Waals surface area contributed by atoms with Gasteiger partial charge in [-0.1, -0.05) is 12.1 Å². The van der Waals surface area contributed by atoms with Crippen molar-refractivity contribution >= 4 is 22.7 Å². The molecule has 0 saturated carbocycles. The van der Waals surface area contributed by atoms with Crippen molar-refractivity contribution in [3.63, 3.8) is 0 Å². The molecule has 0 amide bonds. The van der Waals surface area contributed by atoms with Crippen LogP contribution in [-0.4, -0.2) is 20.3 Å². The zero-order valence-electron chi connectivity index (χ0n) is 13.9. The minimum atomic E-state index is -0.432. The van der Waals surface area contributed by atoms with E-state index in [-0.39, 0.29) is 12.1 Å². The normalized spacial score (nSPS) is 10.8. The van der Waals surface area contributed by atoms with Crippen LogP contribution in [0.2, 0.25) is 0 Å². The molecule has 0 fully saturated rings. The number of nitrogens with zero attached hydrogens (tertiary/aromatic N) is 3. The van der Waals surface area contributed by atoms with Gasteiger partial charge in [0, 0.05) is 18.0 Å². The van der Waals surface area contributed by atoms with E-state index in [1.807, 2.05) is 19.9 Å². The van der Waals surface area contributed by atoms with E-state index in [1.165, 1.54) is 16.3 Å². The molecular weight excluding hydrogens is 336 g/mol. The van der Waals surface area contributed by atoms with Gasteiger partial charge in [0.2, 0.25) is 0 Å². The molecule has 0 atom stereocenters. The average Bonchev–Trinajstić information content (AvgIpc) is 2.57. The number of pyridine rings is 1. The number of benzene rings is 1. The summed E-state index contributed by atoms with van der Waals surface area (Å²) in [7, 11) is 0. The molecule has 25 heavy (non-hydrogen) atoms. The van der Waals surface area contributed by atoms with Crippen LogP contribution >= 0.6 is 11.8 Å². The molecule has 3 aromatic rings. The third kappa shape index (κ3) is 3.35. The maximum absolute atomic E-state index is 12.5. The van der Waals surface area contributed by atoms with Gasteiger partial charge in [-0.15, -0.1) is 11.8 Å². The fourth-order valence-corrected chi connectivity index (χ4v) is 3.71. The Bertz CT molecular complexity index is 1110. The first-order valence-corrected chi connectivity index (χ1v) is 8.73. The SMILES string of the molecule is Cc1cc(C)c(C#N)c(SCCn2c(=O)[nH]c3ccccc3c2=O)n1.